The van der Waals surface area contributed by atoms with Crippen molar-refractivity contribution in [2.24, 2.45) is 11.3 Å². The number of likely N-dealkylation sites (tertiary alicyclic amines) is 2. The van der Waals surface area contributed by atoms with Gasteiger partial charge in [-0.2, -0.15) is 0 Å². The Morgan fingerprint density at radius 1 is 1.22 bits per heavy atom. The van der Waals surface area contributed by atoms with Crippen LogP contribution in [0.25, 0.3) is 0 Å². The van der Waals surface area contributed by atoms with Gasteiger partial charge in [0.2, 0.25) is 5.91 Å². The fourth-order valence-corrected chi connectivity index (χ4v) is 4.37. The number of rotatable bonds is 5. The van der Waals surface area contributed by atoms with Gasteiger partial charge in [-0.05, 0) is 69.2 Å². The maximum Gasteiger partial charge on any atom is 0.321 e. The van der Waals surface area contributed by atoms with E-state index >= 15 is 0 Å². The smallest absolute Gasteiger partial charge is 0.321 e. The lowest BCUT2D eigenvalue weighted by atomic mass is 9.78. The Balaban J connectivity index is 1.36. The van der Waals surface area contributed by atoms with Crippen molar-refractivity contribution in [3.8, 4) is 5.75 Å². The first kappa shape index (κ1) is 18.1. The first-order valence-corrected chi connectivity index (χ1v) is 10.2. The summed E-state index contributed by atoms with van der Waals surface area (Å²) in [6.07, 6.45) is 5.25. The van der Waals surface area contributed by atoms with Crippen molar-refractivity contribution in [1.82, 2.24) is 9.80 Å². The second-order valence-electron chi connectivity index (χ2n) is 8.14. The highest BCUT2D eigenvalue weighted by Crippen LogP contribution is 2.41. The molecule has 27 heavy (non-hydrogen) atoms. The van der Waals surface area contributed by atoms with Gasteiger partial charge in [-0.1, -0.05) is 0 Å². The Labute approximate surface area is 160 Å². The number of nitrogens with zero attached hydrogens (tertiary/aromatic N) is 2. The number of hydrogen-bond donors (Lipinski definition) is 1. The van der Waals surface area contributed by atoms with Gasteiger partial charge in [0.05, 0.1) is 12.0 Å². The van der Waals surface area contributed by atoms with Crippen molar-refractivity contribution >= 4 is 17.6 Å². The molecule has 2 saturated heterocycles. The van der Waals surface area contributed by atoms with E-state index in [4.69, 9.17) is 4.74 Å². The third-order valence-electron chi connectivity index (χ3n) is 6.06. The molecular formula is C21H29N3O3. The van der Waals surface area contributed by atoms with Crippen molar-refractivity contribution in [2.45, 2.75) is 39.0 Å². The first-order valence-electron chi connectivity index (χ1n) is 10.2. The predicted molar refractivity (Wildman–Crippen MR) is 104 cm³/mol. The molecule has 2 heterocycles. The largest absolute Gasteiger partial charge is 0.494 e. The molecular weight excluding hydrogens is 342 g/mol. The van der Waals surface area contributed by atoms with Crippen LogP contribution in [0.2, 0.25) is 0 Å². The molecule has 1 atom stereocenters. The normalized spacial score (nSPS) is 25.1. The molecule has 0 unspecified atom stereocenters. The van der Waals surface area contributed by atoms with Gasteiger partial charge < -0.3 is 19.9 Å². The summed E-state index contributed by atoms with van der Waals surface area (Å²) in [5.74, 6) is 1.78. The molecule has 1 aromatic carbocycles. The highest BCUT2D eigenvalue weighted by Gasteiger charge is 2.49. The van der Waals surface area contributed by atoms with Gasteiger partial charge in [0, 0.05) is 31.9 Å². The fourth-order valence-electron chi connectivity index (χ4n) is 4.37. The quantitative estimate of drug-likeness (QED) is 0.863. The number of nitrogens with one attached hydrogen (secondary N) is 1. The molecule has 4 rings (SSSR count). The maximum absolute atomic E-state index is 13.1. The number of carbonyl (C=O) groups is 2. The predicted octanol–water partition coefficient (Wildman–Crippen LogP) is 3.34. The second-order valence-corrected chi connectivity index (χ2v) is 8.14. The molecule has 1 spiro atoms. The average molecular weight is 371 g/mol. The summed E-state index contributed by atoms with van der Waals surface area (Å²) in [6, 6.07) is 7.27. The van der Waals surface area contributed by atoms with Crippen LogP contribution in [-0.4, -0.2) is 54.5 Å². The zero-order valence-corrected chi connectivity index (χ0v) is 16.1. The summed E-state index contributed by atoms with van der Waals surface area (Å²) in [6.45, 7) is 5.54. The standard InChI is InChI=1S/C21H29N3O3/c1-2-27-18-8-6-17(7-9-18)22-20(26)24-13-11-21(15-24)10-3-12-23(19(21)25)14-16-4-5-16/h6-9,16H,2-5,10-15H2,1H3,(H,22,26)/t21-/m1/s1. The summed E-state index contributed by atoms with van der Waals surface area (Å²) >= 11 is 0. The minimum Gasteiger partial charge on any atom is -0.494 e. The minimum atomic E-state index is -0.358. The highest BCUT2D eigenvalue weighted by atomic mass is 16.5. The van der Waals surface area contributed by atoms with Crippen LogP contribution in [0.1, 0.15) is 39.0 Å². The molecule has 2 aliphatic heterocycles. The molecule has 146 valence electrons. The van der Waals surface area contributed by atoms with Crippen LogP contribution in [0.4, 0.5) is 10.5 Å². The summed E-state index contributed by atoms with van der Waals surface area (Å²) in [5.41, 5.74) is 0.387. The van der Waals surface area contributed by atoms with Gasteiger partial charge in [0.15, 0.2) is 0 Å². The number of benzene rings is 1. The van der Waals surface area contributed by atoms with Crippen molar-refractivity contribution in [3.05, 3.63) is 24.3 Å². The van der Waals surface area contributed by atoms with Crippen LogP contribution in [0.3, 0.4) is 0 Å². The van der Waals surface area contributed by atoms with Gasteiger partial charge in [-0.15, -0.1) is 0 Å². The number of ether oxygens (including phenoxy) is 1. The average Bonchev–Trinajstić information content (AvgIpc) is 3.38. The molecule has 0 bridgehead atoms. The van der Waals surface area contributed by atoms with E-state index in [-0.39, 0.29) is 17.4 Å². The van der Waals surface area contributed by atoms with Crippen molar-refractivity contribution < 1.29 is 14.3 Å². The van der Waals surface area contributed by atoms with E-state index in [0.717, 1.165) is 43.8 Å². The van der Waals surface area contributed by atoms with E-state index in [2.05, 4.69) is 10.2 Å². The zero-order chi connectivity index (χ0) is 18.9. The van der Waals surface area contributed by atoms with E-state index < -0.39 is 0 Å². The SMILES string of the molecule is CCOc1ccc(NC(=O)N2CC[C@]3(CCCN(CC4CC4)C3=O)C2)cc1. The number of hydrogen-bond acceptors (Lipinski definition) is 3. The topological polar surface area (TPSA) is 61.9 Å². The first-order chi connectivity index (χ1) is 13.1. The highest BCUT2D eigenvalue weighted by molar-refractivity contribution is 5.91. The molecule has 6 nitrogen and oxygen atoms in total. The van der Waals surface area contributed by atoms with Crippen LogP contribution >= 0.6 is 0 Å². The third kappa shape index (κ3) is 3.89. The molecule has 6 heteroatoms. The summed E-state index contributed by atoms with van der Waals surface area (Å²) in [7, 11) is 0. The van der Waals surface area contributed by atoms with E-state index in [1.54, 1.807) is 4.90 Å². The lowest BCUT2D eigenvalue weighted by Gasteiger charge is -2.39. The molecule has 3 amide bonds. The van der Waals surface area contributed by atoms with Crippen molar-refractivity contribution in [1.29, 1.82) is 0 Å². The Kier molecular flexibility index (Phi) is 4.98. The zero-order valence-electron chi connectivity index (χ0n) is 16.1. The van der Waals surface area contributed by atoms with Crippen LogP contribution in [0, 0.1) is 11.3 Å². The Morgan fingerprint density at radius 3 is 2.70 bits per heavy atom. The van der Waals surface area contributed by atoms with Gasteiger partial charge in [0.25, 0.3) is 0 Å². The Hall–Kier alpha value is -2.24. The molecule has 1 aromatic rings. The maximum atomic E-state index is 13.1. The lowest BCUT2D eigenvalue weighted by Crippen LogP contribution is -2.51. The molecule has 0 radical (unpaired) electrons. The van der Waals surface area contributed by atoms with E-state index in [1.807, 2.05) is 31.2 Å². The number of anilines is 1. The van der Waals surface area contributed by atoms with E-state index in [0.29, 0.717) is 25.6 Å². The van der Waals surface area contributed by atoms with Crippen LogP contribution < -0.4 is 10.1 Å². The number of urea groups is 1. The second kappa shape index (κ2) is 7.41. The molecule has 1 aliphatic carbocycles. The molecule has 3 aliphatic rings. The molecule has 1 N–H and O–H groups in total. The monoisotopic (exact) mass is 371 g/mol. The summed E-state index contributed by atoms with van der Waals surface area (Å²) < 4.78 is 5.43. The fraction of sp³-hybridized carbons (Fsp3) is 0.619. The van der Waals surface area contributed by atoms with Gasteiger partial charge in [0.1, 0.15) is 5.75 Å². The van der Waals surface area contributed by atoms with Crippen LogP contribution in [0.5, 0.6) is 5.75 Å². The van der Waals surface area contributed by atoms with Gasteiger partial charge in [-0.25, -0.2) is 4.79 Å². The molecule has 1 saturated carbocycles. The number of amides is 3. The van der Waals surface area contributed by atoms with Crippen LogP contribution in [0.15, 0.2) is 24.3 Å². The molecule has 0 aromatic heterocycles. The van der Waals surface area contributed by atoms with Crippen molar-refractivity contribution in [2.75, 3.05) is 38.1 Å². The van der Waals surface area contributed by atoms with Crippen LogP contribution in [-0.2, 0) is 4.79 Å². The van der Waals surface area contributed by atoms with Gasteiger partial charge in [-0.3, -0.25) is 4.79 Å². The van der Waals surface area contributed by atoms with E-state index in [9.17, 15) is 9.59 Å². The minimum absolute atomic E-state index is 0.122. The van der Waals surface area contributed by atoms with Gasteiger partial charge >= 0.3 is 6.03 Å². The van der Waals surface area contributed by atoms with Crippen molar-refractivity contribution in [3.63, 3.8) is 0 Å². The Morgan fingerprint density at radius 2 is 2.00 bits per heavy atom. The lowest BCUT2D eigenvalue weighted by molar-refractivity contribution is -0.145. The summed E-state index contributed by atoms with van der Waals surface area (Å²) in [5, 5.41) is 2.95. The number of piperidine rings is 1. The molecule has 3 fully saturated rings. The summed E-state index contributed by atoms with van der Waals surface area (Å²) in [4.78, 5) is 29.6. The van der Waals surface area contributed by atoms with E-state index in [1.165, 1.54) is 12.8 Å². The third-order valence-corrected chi connectivity index (χ3v) is 6.06. The number of carbonyl (C=O) groups excluding carboxylic acids is 2. The Bertz CT molecular complexity index is 701.